The SMILES string of the molecule is CCn1cc(S(=O)(=O)N2CCC(N3C(=O)[C@H](OC)[C@@H]3c3ccncc3)CC2)cn1. The van der Waals surface area contributed by atoms with Gasteiger partial charge in [-0.3, -0.25) is 14.5 Å². The summed E-state index contributed by atoms with van der Waals surface area (Å²) in [6, 6.07) is 3.60. The number of aromatic nitrogens is 3. The topological polar surface area (TPSA) is 97.6 Å². The molecule has 0 spiro atoms. The van der Waals surface area contributed by atoms with E-state index in [0.29, 0.717) is 32.5 Å². The molecule has 0 unspecified atom stereocenters. The second-order valence-electron chi connectivity index (χ2n) is 7.29. The lowest BCUT2D eigenvalue weighted by molar-refractivity contribution is -0.178. The summed E-state index contributed by atoms with van der Waals surface area (Å²) in [6.45, 7) is 3.26. The second kappa shape index (κ2) is 7.85. The summed E-state index contributed by atoms with van der Waals surface area (Å²) >= 11 is 0. The van der Waals surface area contributed by atoms with E-state index in [-0.39, 0.29) is 22.9 Å². The minimum atomic E-state index is -3.57. The second-order valence-corrected chi connectivity index (χ2v) is 9.23. The van der Waals surface area contributed by atoms with Crippen LogP contribution in [0.2, 0.25) is 0 Å². The Kier molecular flexibility index (Phi) is 5.41. The number of amides is 1. The number of pyridine rings is 1. The zero-order valence-electron chi connectivity index (χ0n) is 16.5. The van der Waals surface area contributed by atoms with Crippen LogP contribution in [0.15, 0.2) is 41.8 Å². The minimum Gasteiger partial charge on any atom is -0.369 e. The molecule has 29 heavy (non-hydrogen) atoms. The van der Waals surface area contributed by atoms with Crippen LogP contribution >= 0.6 is 0 Å². The van der Waals surface area contributed by atoms with Gasteiger partial charge in [0.2, 0.25) is 10.0 Å². The van der Waals surface area contributed by atoms with Crippen molar-refractivity contribution in [2.45, 2.75) is 49.4 Å². The normalized spacial score (nSPS) is 23.9. The lowest BCUT2D eigenvalue weighted by atomic mass is 9.87. The number of piperidine rings is 1. The zero-order valence-corrected chi connectivity index (χ0v) is 17.3. The van der Waals surface area contributed by atoms with Gasteiger partial charge in [-0.05, 0) is 37.5 Å². The predicted molar refractivity (Wildman–Crippen MR) is 104 cm³/mol. The minimum absolute atomic E-state index is 0.0168. The van der Waals surface area contributed by atoms with E-state index in [4.69, 9.17) is 4.74 Å². The van der Waals surface area contributed by atoms with Crippen LogP contribution in [0.3, 0.4) is 0 Å². The van der Waals surface area contributed by atoms with Gasteiger partial charge in [-0.25, -0.2) is 8.42 Å². The van der Waals surface area contributed by atoms with Crippen molar-refractivity contribution >= 4 is 15.9 Å². The molecule has 0 saturated carbocycles. The zero-order chi connectivity index (χ0) is 20.6. The van der Waals surface area contributed by atoms with Crippen molar-refractivity contribution in [1.29, 1.82) is 0 Å². The number of likely N-dealkylation sites (tertiary alicyclic amines) is 1. The Balaban J connectivity index is 1.47. The number of β-lactam (4-membered cyclic amide) rings is 1. The summed E-state index contributed by atoms with van der Waals surface area (Å²) < 4.78 is 34.3. The maximum Gasteiger partial charge on any atom is 0.255 e. The van der Waals surface area contributed by atoms with Crippen molar-refractivity contribution in [3.05, 3.63) is 42.5 Å². The first-order valence-corrected chi connectivity index (χ1v) is 11.2. The van der Waals surface area contributed by atoms with E-state index in [0.717, 1.165) is 5.56 Å². The molecular weight excluding hydrogens is 394 g/mol. The summed E-state index contributed by atoms with van der Waals surface area (Å²) in [4.78, 5) is 18.8. The van der Waals surface area contributed by atoms with Gasteiger partial charge in [0.15, 0.2) is 6.10 Å². The third-order valence-electron chi connectivity index (χ3n) is 5.77. The highest BCUT2D eigenvalue weighted by atomic mass is 32.2. The molecule has 4 heterocycles. The van der Waals surface area contributed by atoms with Gasteiger partial charge in [0.1, 0.15) is 4.90 Å². The highest BCUT2D eigenvalue weighted by Crippen LogP contribution is 2.40. The molecule has 0 N–H and O–H groups in total. The van der Waals surface area contributed by atoms with E-state index >= 15 is 0 Å². The maximum atomic E-state index is 12.9. The van der Waals surface area contributed by atoms with Crippen molar-refractivity contribution in [1.82, 2.24) is 24.0 Å². The number of aryl methyl sites for hydroxylation is 1. The molecular formula is C19H25N5O4S. The molecule has 2 aromatic rings. The molecule has 2 aromatic heterocycles. The average Bonchev–Trinajstić information content (AvgIpc) is 3.23. The van der Waals surface area contributed by atoms with Crippen LogP contribution in [-0.4, -0.2) is 70.6 Å². The molecule has 10 heteroatoms. The third-order valence-corrected chi connectivity index (χ3v) is 7.63. The quantitative estimate of drug-likeness (QED) is 0.649. The molecule has 0 aliphatic carbocycles. The van der Waals surface area contributed by atoms with E-state index in [1.807, 2.05) is 24.0 Å². The van der Waals surface area contributed by atoms with Crippen molar-refractivity contribution < 1.29 is 17.9 Å². The van der Waals surface area contributed by atoms with Gasteiger partial charge >= 0.3 is 0 Å². The van der Waals surface area contributed by atoms with Gasteiger partial charge in [0.05, 0.1) is 12.2 Å². The molecule has 2 aliphatic rings. The lowest BCUT2D eigenvalue weighted by Crippen LogP contribution is -2.64. The smallest absolute Gasteiger partial charge is 0.255 e. The van der Waals surface area contributed by atoms with Crippen molar-refractivity contribution in [2.24, 2.45) is 0 Å². The Labute approximate surface area is 170 Å². The molecule has 2 aliphatic heterocycles. The first-order chi connectivity index (χ1) is 14.0. The number of methoxy groups -OCH3 is 1. The largest absolute Gasteiger partial charge is 0.369 e. The fraction of sp³-hybridized carbons (Fsp3) is 0.526. The molecule has 0 aromatic carbocycles. The van der Waals surface area contributed by atoms with Gasteiger partial charge in [0.25, 0.3) is 5.91 Å². The summed E-state index contributed by atoms with van der Waals surface area (Å²) in [5, 5.41) is 4.07. The molecule has 0 bridgehead atoms. The standard InChI is InChI=1S/C19H25N5O4S/c1-3-22-13-16(12-21-22)29(26,27)23-10-6-15(7-11-23)24-17(18(28-2)19(24)25)14-4-8-20-9-5-14/h4-5,8-9,12-13,15,17-18H,3,6-7,10-11H2,1-2H3/t17-,18+/m0/s1. The maximum absolute atomic E-state index is 12.9. The van der Waals surface area contributed by atoms with Crippen LogP contribution in [0.25, 0.3) is 0 Å². The molecule has 4 rings (SSSR count). The third kappa shape index (κ3) is 3.45. The highest BCUT2D eigenvalue weighted by Gasteiger charge is 2.52. The van der Waals surface area contributed by atoms with Crippen LogP contribution in [0.5, 0.6) is 0 Å². The molecule has 1 amide bonds. The number of ether oxygens (including phenoxy) is 1. The average molecular weight is 420 g/mol. The molecule has 2 atom stereocenters. The molecule has 2 saturated heterocycles. The van der Waals surface area contributed by atoms with Gasteiger partial charge in [0, 0.05) is 51.4 Å². The number of carbonyl (C=O) groups excluding carboxylic acids is 1. The van der Waals surface area contributed by atoms with Crippen LogP contribution in [-0.2, 0) is 26.1 Å². The van der Waals surface area contributed by atoms with Crippen LogP contribution in [0, 0.1) is 0 Å². The Bertz CT molecular complexity index is 969. The van der Waals surface area contributed by atoms with Gasteiger partial charge in [-0.15, -0.1) is 0 Å². The summed E-state index contributed by atoms with van der Waals surface area (Å²) in [6.07, 6.45) is 7.04. The van der Waals surface area contributed by atoms with Gasteiger partial charge < -0.3 is 9.64 Å². The van der Waals surface area contributed by atoms with Crippen LogP contribution < -0.4 is 0 Å². The van der Waals surface area contributed by atoms with Gasteiger partial charge in [-0.2, -0.15) is 9.40 Å². The molecule has 9 nitrogen and oxygen atoms in total. The Morgan fingerprint density at radius 1 is 1.21 bits per heavy atom. The van der Waals surface area contributed by atoms with Crippen LogP contribution in [0.4, 0.5) is 0 Å². The van der Waals surface area contributed by atoms with E-state index in [1.54, 1.807) is 30.4 Å². The first kappa shape index (κ1) is 20.0. The summed E-state index contributed by atoms with van der Waals surface area (Å²) in [5.74, 6) is -0.0418. The number of rotatable bonds is 6. The summed E-state index contributed by atoms with van der Waals surface area (Å²) in [7, 11) is -2.03. The summed E-state index contributed by atoms with van der Waals surface area (Å²) in [5.41, 5.74) is 0.980. The van der Waals surface area contributed by atoms with Gasteiger partial charge in [-0.1, -0.05) is 0 Å². The van der Waals surface area contributed by atoms with Crippen molar-refractivity contribution in [3.63, 3.8) is 0 Å². The fourth-order valence-corrected chi connectivity index (χ4v) is 5.60. The van der Waals surface area contributed by atoms with E-state index < -0.39 is 16.1 Å². The molecule has 2 fully saturated rings. The van der Waals surface area contributed by atoms with Crippen molar-refractivity contribution in [3.8, 4) is 0 Å². The monoisotopic (exact) mass is 419 g/mol. The Morgan fingerprint density at radius 3 is 2.48 bits per heavy atom. The number of hydrogen-bond acceptors (Lipinski definition) is 6. The van der Waals surface area contributed by atoms with E-state index in [9.17, 15) is 13.2 Å². The fourth-order valence-electron chi connectivity index (χ4n) is 4.18. The highest BCUT2D eigenvalue weighted by molar-refractivity contribution is 7.89. The van der Waals surface area contributed by atoms with E-state index in [2.05, 4.69) is 10.1 Å². The number of hydrogen-bond donors (Lipinski definition) is 0. The number of nitrogens with zero attached hydrogens (tertiary/aromatic N) is 5. The Morgan fingerprint density at radius 2 is 1.90 bits per heavy atom. The first-order valence-electron chi connectivity index (χ1n) is 9.75. The number of carbonyl (C=O) groups is 1. The molecule has 156 valence electrons. The molecule has 0 radical (unpaired) electrons. The van der Waals surface area contributed by atoms with Crippen LogP contribution in [0.1, 0.15) is 31.4 Å². The Hall–Kier alpha value is -2.30. The van der Waals surface area contributed by atoms with E-state index in [1.165, 1.54) is 10.5 Å². The predicted octanol–water partition coefficient (Wildman–Crippen LogP) is 1.05. The lowest BCUT2D eigenvalue weighted by Gasteiger charge is -2.52. The van der Waals surface area contributed by atoms with Crippen molar-refractivity contribution in [2.75, 3.05) is 20.2 Å². The number of sulfonamides is 1.